The minimum absolute atomic E-state index is 0.00783. The second kappa shape index (κ2) is 9.16. The molecule has 2 rings (SSSR count). The van der Waals surface area contributed by atoms with Gasteiger partial charge in [-0.2, -0.15) is 15.6 Å². The SMILES string of the molecule is N#CC(C#N)=NNc1ccc(SCC(=O)Nc2cc(F)ccc2F)cc1. The summed E-state index contributed by atoms with van der Waals surface area (Å²) in [5, 5.41) is 23.1. The molecule has 9 heteroatoms. The molecule has 0 radical (unpaired) electrons. The summed E-state index contributed by atoms with van der Waals surface area (Å²) in [5.41, 5.74) is 2.61. The van der Waals surface area contributed by atoms with E-state index in [4.69, 9.17) is 10.5 Å². The highest BCUT2D eigenvalue weighted by atomic mass is 32.2. The summed E-state index contributed by atoms with van der Waals surface area (Å²) in [7, 11) is 0. The summed E-state index contributed by atoms with van der Waals surface area (Å²) in [6.45, 7) is 0. The molecular weight excluding hydrogens is 360 g/mol. The van der Waals surface area contributed by atoms with E-state index in [-0.39, 0.29) is 17.2 Å². The van der Waals surface area contributed by atoms with Crippen LogP contribution in [0.4, 0.5) is 20.2 Å². The third kappa shape index (κ3) is 5.58. The van der Waals surface area contributed by atoms with Gasteiger partial charge in [-0.1, -0.05) is 0 Å². The fourth-order valence-corrected chi connectivity index (χ4v) is 2.45. The Balaban J connectivity index is 1.88. The van der Waals surface area contributed by atoms with Crippen molar-refractivity contribution in [1.29, 1.82) is 10.5 Å². The number of hydrazone groups is 1. The number of thioether (sulfide) groups is 1. The number of halogens is 2. The first kappa shape index (κ1) is 18.9. The summed E-state index contributed by atoms with van der Waals surface area (Å²) in [5.74, 6) is -1.82. The van der Waals surface area contributed by atoms with Gasteiger partial charge in [0.1, 0.15) is 23.8 Å². The third-order valence-corrected chi connectivity index (χ3v) is 3.95. The van der Waals surface area contributed by atoms with Gasteiger partial charge < -0.3 is 5.32 Å². The Kier molecular flexibility index (Phi) is 6.66. The molecule has 2 N–H and O–H groups in total. The van der Waals surface area contributed by atoms with Crippen molar-refractivity contribution in [3.8, 4) is 12.1 Å². The maximum atomic E-state index is 13.5. The Bertz CT molecular complexity index is 900. The predicted molar refractivity (Wildman–Crippen MR) is 94.4 cm³/mol. The van der Waals surface area contributed by atoms with E-state index in [1.807, 2.05) is 0 Å². The number of hydrogen-bond acceptors (Lipinski definition) is 6. The highest BCUT2D eigenvalue weighted by Gasteiger charge is 2.09. The molecule has 0 bridgehead atoms. The average molecular weight is 371 g/mol. The van der Waals surface area contributed by atoms with Crippen LogP contribution in [-0.2, 0) is 4.79 Å². The van der Waals surface area contributed by atoms with Gasteiger partial charge in [0.05, 0.1) is 17.1 Å². The monoisotopic (exact) mass is 371 g/mol. The Labute approximate surface area is 152 Å². The van der Waals surface area contributed by atoms with Crippen molar-refractivity contribution in [1.82, 2.24) is 0 Å². The highest BCUT2D eigenvalue weighted by Crippen LogP contribution is 2.21. The van der Waals surface area contributed by atoms with Gasteiger partial charge in [-0.25, -0.2) is 8.78 Å². The predicted octanol–water partition coefficient (Wildman–Crippen LogP) is 3.51. The summed E-state index contributed by atoms with van der Waals surface area (Å²) >= 11 is 1.20. The Hall–Kier alpha value is -3.43. The maximum absolute atomic E-state index is 13.5. The molecule has 0 aliphatic carbocycles. The molecule has 0 fully saturated rings. The third-order valence-electron chi connectivity index (χ3n) is 2.94. The minimum atomic E-state index is -0.713. The van der Waals surface area contributed by atoms with Gasteiger partial charge >= 0.3 is 0 Å². The Morgan fingerprint density at radius 1 is 1.12 bits per heavy atom. The molecule has 2 aromatic rings. The summed E-state index contributed by atoms with van der Waals surface area (Å²) in [4.78, 5) is 12.6. The zero-order valence-electron chi connectivity index (χ0n) is 13.2. The molecular formula is C17H11F2N5OS. The molecule has 0 saturated heterocycles. The van der Waals surface area contributed by atoms with E-state index >= 15 is 0 Å². The van der Waals surface area contributed by atoms with Gasteiger partial charge in [0.15, 0.2) is 0 Å². The van der Waals surface area contributed by atoms with Crippen molar-refractivity contribution in [2.75, 3.05) is 16.5 Å². The molecule has 26 heavy (non-hydrogen) atoms. The van der Waals surface area contributed by atoms with E-state index in [1.54, 1.807) is 36.4 Å². The second-order valence-electron chi connectivity index (χ2n) is 4.78. The fourth-order valence-electron chi connectivity index (χ4n) is 1.75. The molecule has 0 spiro atoms. The molecule has 1 amide bonds. The first-order chi connectivity index (χ1) is 12.5. The molecule has 2 aromatic carbocycles. The molecule has 130 valence electrons. The van der Waals surface area contributed by atoms with Crippen molar-refractivity contribution in [3.63, 3.8) is 0 Å². The number of nitriles is 2. The number of amides is 1. The van der Waals surface area contributed by atoms with Crippen LogP contribution in [0.2, 0.25) is 0 Å². The molecule has 6 nitrogen and oxygen atoms in total. The van der Waals surface area contributed by atoms with E-state index in [2.05, 4.69) is 15.8 Å². The molecule has 0 aromatic heterocycles. The standard InChI is InChI=1S/C17H11F2N5OS/c18-11-1-6-15(19)16(7-11)22-17(25)10-26-14-4-2-12(3-5-14)23-24-13(8-20)9-21/h1-7,23H,10H2,(H,22,25). The van der Waals surface area contributed by atoms with E-state index in [1.165, 1.54) is 11.8 Å². The van der Waals surface area contributed by atoms with Gasteiger partial charge in [-0.15, -0.1) is 11.8 Å². The number of rotatable bonds is 6. The Morgan fingerprint density at radius 2 is 1.81 bits per heavy atom. The van der Waals surface area contributed by atoms with E-state index in [0.29, 0.717) is 5.69 Å². The van der Waals surface area contributed by atoms with E-state index in [9.17, 15) is 13.6 Å². The summed E-state index contributed by atoms with van der Waals surface area (Å²) < 4.78 is 26.5. The van der Waals surface area contributed by atoms with Crippen LogP contribution in [0.1, 0.15) is 0 Å². The first-order valence-corrected chi connectivity index (χ1v) is 8.12. The second-order valence-corrected chi connectivity index (χ2v) is 5.83. The molecule has 0 aliphatic heterocycles. The lowest BCUT2D eigenvalue weighted by atomic mass is 10.3. The van der Waals surface area contributed by atoms with Crippen molar-refractivity contribution in [2.24, 2.45) is 5.10 Å². The fraction of sp³-hybridized carbons (Fsp3) is 0.0588. The maximum Gasteiger partial charge on any atom is 0.237 e. The van der Waals surface area contributed by atoms with Gasteiger partial charge in [0.2, 0.25) is 11.6 Å². The van der Waals surface area contributed by atoms with Crippen molar-refractivity contribution < 1.29 is 13.6 Å². The number of anilines is 2. The van der Waals surface area contributed by atoms with Crippen LogP contribution in [-0.4, -0.2) is 17.4 Å². The van der Waals surface area contributed by atoms with Crippen LogP contribution in [0.3, 0.4) is 0 Å². The van der Waals surface area contributed by atoms with Crippen molar-refractivity contribution in [3.05, 3.63) is 54.1 Å². The topological polar surface area (TPSA) is 101 Å². The average Bonchev–Trinajstić information content (AvgIpc) is 2.65. The van der Waals surface area contributed by atoms with E-state index < -0.39 is 17.5 Å². The smallest absolute Gasteiger partial charge is 0.237 e. The number of benzene rings is 2. The number of nitrogens with zero attached hydrogens (tertiary/aromatic N) is 3. The van der Waals surface area contributed by atoms with Crippen LogP contribution >= 0.6 is 11.8 Å². The van der Waals surface area contributed by atoms with Crippen molar-refractivity contribution >= 4 is 34.8 Å². The Morgan fingerprint density at radius 3 is 2.46 bits per heavy atom. The first-order valence-electron chi connectivity index (χ1n) is 7.13. The summed E-state index contributed by atoms with van der Waals surface area (Å²) in [6, 6.07) is 12.8. The van der Waals surface area contributed by atoms with Crippen LogP contribution in [0.25, 0.3) is 0 Å². The quantitative estimate of drug-likeness (QED) is 0.460. The van der Waals surface area contributed by atoms with Gasteiger partial charge in [-0.3, -0.25) is 10.2 Å². The van der Waals surface area contributed by atoms with Crippen LogP contribution in [0.5, 0.6) is 0 Å². The normalized spacial score (nSPS) is 9.54. The lowest BCUT2D eigenvalue weighted by Crippen LogP contribution is -2.15. The number of hydrogen-bond donors (Lipinski definition) is 2. The molecule has 0 heterocycles. The molecule has 0 atom stereocenters. The van der Waals surface area contributed by atoms with E-state index in [0.717, 1.165) is 23.1 Å². The van der Waals surface area contributed by atoms with Crippen LogP contribution in [0, 0.1) is 34.3 Å². The number of nitrogens with one attached hydrogen (secondary N) is 2. The van der Waals surface area contributed by atoms with Crippen LogP contribution in [0.15, 0.2) is 52.5 Å². The van der Waals surface area contributed by atoms with Gasteiger partial charge in [-0.05, 0) is 36.4 Å². The lowest BCUT2D eigenvalue weighted by Gasteiger charge is -2.07. The summed E-state index contributed by atoms with van der Waals surface area (Å²) in [6.07, 6.45) is 0. The zero-order valence-corrected chi connectivity index (χ0v) is 14.0. The van der Waals surface area contributed by atoms with Gasteiger partial charge in [0, 0.05) is 11.0 Å². The zero-order chi connectivity index (χ0) is 18.9. The number of carbonyl (C=O) groups is 1. The minimum Gasteiger partial charge on any atom is -0.323 e. The lowest BCUT2D eigenvalue weighted by molar-refractivity contribution is -0.113. The molecule has 0 saturated carbocycles. The van der Waals surface area contributed by atoms with Crippen LogP contribution < -0.4 is 10.7 Å². The largest absolute Gasteiger partial charge is 0.323 e. The highest BCUT2D eigenvalue weighted by molar-refractivity contribution is 8.00. The van der Waals surface area contributed by atoms with Crippen molar-refractivity contribution in [2.45, 2.75) is 4.90 Å². The molecule has 0 unspecified atom stereocenters. The van der Waals surface area contributed by atoms with Gasteiger partial charge in [0.25, 0.3) is 0 Å². The molecule has 0 aliphatic rings. The number of carbonyl (C=O) groups excluding carboxylic acids is 1.